The minimum atomic E-state index is -0.704. The number of fused-ring (bicyclic) bond motifs is 15. The summed E-state index contributed by atoms with van der Waals surface area (Å²) in [5, 5.41) is 4.80. The zero-order valence-corrected chi connectivity index (χ0v) is 41.0. The van der Waals surface area contributed by atoms with Crippen molar-refractivity contribution in [3.63, 3.8) is 0 Å². The maximum absolute atomic E-state index is 6.81. The fraction of sp³-hybridized carbons (Fsp3) is 0.0143. The second-order valence-electron chi connectivity index (χ2n) is 19.8. The van der Waals surface area contributed by atoms with Gasteiger partial charge in [0.2, 0.25) is 0 Å². The predicted octanol–water partition coefficient (Wildman–Crippen LogP) is 17.2. The fourth-order valence-corrected chi connectivity index (χ4v) is 12.7. The molecule has 0 saturated carbocycles. The molecule has 1 aliphatic carbocycles. The molecule has 11 aromatic carbocycles. The first-order valence-corrected chi connectivity index (χ1v) is 25.8. The minimum Gasteiger partial charge on any atom is -0.457 e. The summed E-state index contributed by atoms with van der Waals surface area (Å²) in [6, 6.07) is 93.4. The molecule has 0 amide bonds. The van der Waals surface area contributed by atoms with Gasteiger partial charge in [-0.15, -0.1) is 0 Å². The Morgan fingerprint density at radius 3 is 1.20 bits per heavy atom. The minimum absolute atomic E-state index is 0.607. The van der Waals surface area contributed by atoms with Crippen LogP contribution in [0.25, 0.3) is 111 Å². The van der Waals surface area contributed by atoms with Crippen LogP contribution in [0.2, 0.25) is 0 Å². The molecule has 0 radical (unpaired) electrons. The Bertz CT molecular complexity index is 4420. The first-order chi connectivity index (χ1) is 37.7. The van der Waals surface area contributed by atoms with E-state index in [-0.39, 0.29) is 0 Å². The lowest BCUT2D eigenvalue weighted by molar-refractivity contribution is 0.436. The van der Waals surface area contributed by atoms with Crippen molar-refractivity contribution in [1.29, 1.82) is 0 Å². The van der Waals surface area contributed by atoms with Gasteiger partial charge in [0.05, 0.1) is 27.5 Å². The first kappa shape index (κ1) is 42.3. The van der Waals surface area contributed by atoms with Gasteiger partial charge in [-0.25, -0.2) is 15.0 Å². The monoisotopic (exact) mass is 969 g/mol. The van der Waals surface area contributed by atoms with E-state index in [0.717, 1.165) is 89.4 Å². The maximum Gasteiger partial charge on any atom is 0.164 e. The molecule has 2 aliphatic rings. The molecule has 0 saturated heterocycles. The van der Waals surface area contributed by atoms with Gasteiger partial charge in [0.25, 0.3) is 0 Å². The highest BCUT2D eigenvalue weighted by Crippen LogP contribution is 2.63. The Balaban J connectivity index is 1.03. The Morgan fingerprint density at radius 1 is 0.303 bits per heavy atom. The van der Waals surface area contributed by atoms with Crippen molar-refractivity contribution in [3.8, 4) is 79.3 Å². The van der Waals surface area contributed by atoms with Crippen LogP contribution in [0, 0.1) is 0 Å². The Hall–Kier alpha value is -10.2. The summed E-state index contributed by atoms with van der Waals surface area (Å²) in [6.45, 7) is 0. The largest absolute Gasteiger partial charge is 0.457 e. The standard InChI is InChI=1S/C70H43N5O/c1-5-21-44(22-6-1)67-71-68(45-23-7-2-8-24-45)73-69(72-67)47-38-40-55-53(42-47)52-41-46(37-39-54(52)70(55)56-31-15-19-35-62(56)76-63-36-20-16-32-57(63)70)64-65-50-29-13-17-33-58(50)74(48-25-9-3-10-26-48)60(65)43-61-66(64)51-30-14-18-34-59(51)75(61)49-27-11-4-12-28-49/h1-43H. The van der Waals surface area contributed by atoms with Gasteiger partial charge in [-0.1, -0.05) is 194 Å². The summed E-state index contributed by atoms with van der Waals surface area (Å²) < 4.78 is 11.7. The third-order valence-electron chi connectivity index (χ3n) is 15.8. The number of hydrogen-bond donors (Lipinski definition) is 0. The quantitative estimate of drug-likeness (QED) is 0.167. The number of aromatic nitrogens is 5. The lowest BCUT2D eigenvalue weighted by Crippen LogP contribution is -2.32. The van der Waals surface area contributed by atoms with Crippen LogP contribution in [0.3, 0.4) is 0 Å². The van der Waals surface area contributed by atoms with E-state index in [9.17, 15) is 0 Å². The van der Waals surface area contributed by atoms with Gasteiger partial charge >= 0.3 is 0 Å². The van der Waals surface area contributed by atoms with E-state index < -0.39 is 5.41 Å². The number of hydrogen-bond acceptors (Lipinski definition) is 4. The van der Waals surface area contributed by atoms with E-state index in [1.807, 2.05) is 36.4 Å². The molecule has 0 N–H and O–H groups in total. The van der Waals surface area contributed by atoms with E-state index >= 15 is 0 Å². The van der Waals surface area contributed by atoms with Crippen molar-refractivity contribution >= 4 is 43.6 Å². The Morgan fingerprint density at radius 2 is 0.697 bits per heavy atom. The van der Waals surface area contributed by atoms with Crippen molar-refractivity contribution in [3.05, 3.63) is 283 Å². The normalized spacial score (nSPS) is 12.9. The molecule has 6 nitrogen and oxygen atoms in total. The summed E-state index contributed by atoms with van der Waals surface area (Å²) in [4.78, 5) is 15.6. The van der Waals surface area contributed by atoms with E-state index in [2.05, 4.69) is 234 Å². The van der Waals surface area contributed by atoms with Crippen LogP contribution in [0.1, 0.15) is 22.3 Å². The molecule has 6 heteroatoms. The third-order valence-corrected chi connectivity index (χ3v) is 15.8. The van der Waals surface area contributed by atoms with Crippen LogP contribution in [0.4, 0.5) is 0 Å². The van der Waals surface area contributed by atoms with Gasteiger partial charge < -0.3 is 13.9 Å². The Kier molecular flexibility index (Phi) is 9.15. The second kappa shape index (κ2) is 16.4. The van der Waals surface area contributed by atoms with Crippen molar-refractivity contribution in [2.45, 2.75) is 5.41 Å². The van der Waals surface area contributed by atoms with E-state index in [4.69, 9.17) is 19.7 Å². The summed E-state index contributed by atoms with van der Waals surface area (Å²) >= 11 is 0. The van der Waals surface area contributed by atoms with Crippen molar-refractivity contribution < 1.29 is 4.74 Å². The molecular formula is C70H43N5O. The van der Waals surface area contributed by atoms with Crippen LogP contribution in [-0.4, -0.2) is 24.1 Å². The summed E-state index contributed by atoms with van der Waals surface area (Å²) in [5.74, 6) is 3.55. The molecule has 0 unspecified atom stereocenters. The Labute approximate surface area is 438 Å². The highest BCUT2D eigenvalue weighted by molar-refractivity contribution is 6.28. The van der Waals surface area contributed by atoms with Gasteiger partial charge in [0.1, 0.15) is 11.5 Å². The first-order valence-electron chi connectivity index (χ1n) is 25.8. The highest BCUT2D eigenvalue weighted by atomic mass is 16.5. The van der Waals surface area contributed by atoms with Crippen molar-refractivity contribution in [2.24, 2.45) is 0 Å². The predicted molar refractivity (Wildman–Crippen MR) is 308 cm³/mol. The molecule has 0 bridgehead atoms. The zero-order chi connectivity index (χ0) is 49.9. The highest BCUT2D eigenvalue weighted by Gasteiger charge is 2.51. The van der Waals surface area contributed by atoms with Crippen LogP contribution in [0.15, 0.2) is 261 Å². The molecule has 1 aliphatic heterocycles. The summed E-state index contributed by atoms with van der Waals surface area (Å²) in [5.41, 5.74) is 18.0. The molecule has 76 heavy (non-hydrogen) atoms. The molecule has 1 spiro atoms. The molecule has 3 aromatic heterocycles. The van der Waals surface area contributed by atoms with Gasteiger partial charge in [0.15, 0.2) is 17.5 Å². The molecular weight excluding hydrogens is 927 g/mol. The van der Waals surface area contributed by atoms with Crippen molar-refractivity contribution in [1.82, 2.24) is 24.1 Å². The molecule has 14 aromatic rings. The van der Waals surface area contributed by atoms with Gasteiger partial charge in [-0.3, -0.25) is 0 Å². The number of benzene rings is 11. The molecule has 0 fully saturated rings. The topological polar surface area (TPSA) is 57.8 Å². The summed E-state index contributed by atoms with van der Waals surface area (Å²) in [7, 11) is 0. The van der Waals surface area contributed by atoms with Crippen molar-refractivity contribution in [2.75, 3.05) is 0 Å². The molecule has 0 atom stereocenters. The smallest absolute Gasteiger partial charge is 0.164 e. The fourth-order valence-electron chi connectivity index (χ4n) is 12.7. The van der Waals surface area contributed by atoms with Crippen LogP contribution < -0.4 is 4.74 Å². The van der Waals surface area contributed by atoms with Crippen LogP contribution in [0.5, 0.6) is 11.5 Å². The average molecular weight is 970 g/mol. The van der Waals surface area contributed by atoms with Gasteiger partial charge in [-0.2, -0.15) is 0 Å². The van der Waals surface area contributed by atoms with Crippen LogP contribution >= 0.6 is 0 Å². The number of nitrogens with zero attached hydrogens (tertiary/aromatic N) is 5. The lowest BCUT2D eigenvalue weighted by atomic mass is 9.66. The average Bonchev–Trinajstić information content (AvgIpc) is 4.32. The van der Waals surface area contributed by atoms with E-state index in [1.165, 1.54) is 38.2 Å². The second-order valence-corrected chi connectivity index (χ2v) is 19.8. The number of rotatable bonds is 6. The molecule has 16 rings (SSSR count). The summed E-state index contributed by atoms with van der Waals surface area (Å²) in [6.07, 6.45) is 0. The number of para-hydroxylation sites is 6. The lowest BCUT2D eigenvalue weighted by Gasteiger charge is -2.39. The third kappa shape index (κ3) is 6.06. The number of ether oxygens (including phenoxy) is 1. The van der Waals surface area contributed by atoms with Crippen LogP contribution in [-0.2, 0) is 5.41 Å². The SMILES string of the molecule is c1ccc(-c2nc(-c3ccccc3)nc(-c3ccc4c(c3)-c3cc(-c5c6c7ccccc7n(-c7ccccc7)c6cc6c5c5ccccc5n6-c5ccccc5)ccc3C43c4ccccc4Oc4ccccc43)n2)cc1. The maximum atomic E-state index is 6.81. The van der Waals surface area contributed by atoms with Gasteiger partial charge in [-0.05, 0) is 94.5 Å². The zero-order valence-electron chi connectivity index (χ0n) is 41.0. The van der Waals surface area contributed by atoms with E-state index in [0.29, 0.717) is 17.5 Å². The van der Waals surface area contributed by atoms with Gasteiger partial charge in [0, 0.05) is 66.3 Å². The van der Waals surface area contributed by atoms with E-state index in [1.54, 1.807) is 0 Å². The molecule has 354 valence electrons. The molecule has 4 heterocycles.